The normalized spacial score (nSPS) is 22.5. The van der Waals surface area contributed by atoms with Crippen LogP contribution < -0.4 is 5.32 Å². The summed E-state index contributed by atoms with van der Waals surface area (Å²) < 4.78 is 0. The van der Waals surface area contributed by atoms with E-state index in [0.29, 0.717) is 25.9 Å². The molecule has 0 aromatic heterocycles. The first-order chi connectivity index (χ1) is 9.75. The first-order valence-corrected chi connectivity index (χ1v) is 7.37. The second-order valence-electron chi connectivity index (χ2n) is 6.76. The number of aliphatic carboxylic acids is 1. The summed E-state index contributed by atoms with van der Waals surface area (Å²) in [6, 6.07) is 1.90. The third-order valence-corrected chi connectivity index (χ3v) is 3.93. The summed E-state index contributed by atoms with van der Waals surface area (Å²) in [7, 11) is 0. The van der Waals surface area contributed by atoms with Gasteiger partial charge in [-0.15, -0.1) is 0 Å². The van der Waals surface area contributed by atoms with Gasteiger partial charge in [0.2, 0.25) is 0 Å². The fraction of sp³-hybridized carbons (Fsp3) is 0.800. The van der Waals surface area contributed by atoms with Gasteiger partial charge >= 0.3 is 12.0 Å². The summed E-state index contributed by atoms with van der Waals surface area (Å²) in [5.74, 6) is -1.13. The smallest absolute Gasteiger partial charge is 0.317 e. The maximum atomic E-state index is 12.2. The van der Waals surface area contributed by atoms with E-state index < -0.39 is 11.9 Å². The molecule has 6 heteroatoms. The van der Waals surface area contributed by atoms with Crippen molar-refractivity contribution in [2.75, 3.05) is 19.6 Å². The molecule has 1 saturated heterocycles. The molecule has 2 amide bonds. The third-order valence-electron chi connectivity index (χ3n) is 3.93. The number of carboxylic acids is 1. The molecule has 118 valence electrons. The van der Waals surface area contributed by atoms with E-state index in [9.17, 15) is 9.59 Å². The average Bonchev–Trinajstić information content (AvgIpc) is 2.42. The van der Waals surface area contributed by atoms with Gasteiger partial charge in [0.1, 0.15) is 0 Å². The van der Waals surface area contributed by atoms with Crippen molar-refractivity contribution in [3.63, 3.8) is 0 Å². The number of hydrogen-bond donors (Lipinski definition) is 2. The number of nitrogens with zero attached hydrogens (tertiary/aromatic N) is 2. The van der Waals surface area contributed by atoms with Crippen molar-refractivity contribution >= 4 is 12.0 Å². The van der Waals surface area contributed by atoms with E-state index in [4.69, 9.17) is 10.4 Å². The zero-order valence-electron chi connectivity index (χ0n) is 13.1. The molecule has 6 nitrogen and oxygen atoms in total. The lowest BCUT2D eigenvalue weighted by molar-refractivity contribution is -0.143. The van der Waals surface area contributed by atoms with Gasteiger partial charge in [-0.3, -0.25) is 4.79 Å². The standard InChI is InChI=1S/C15H25N3O3/c1-11-7-12(13(19)20)9-18(8-11)14(21)17-10-15(2,3)5-4-6-16/h11-12H,4-5,7-10H2,1-3H3,(H,17,21)(H,19,20). The van der Waals surface area contributed by atoms with Crippen molar-refractivity contribution in [3.05, 3.63) is 0 Å². The van der Waals surface area contributed by atoms with E-state index in [2.05, 4.69) is 11.4 Å². The van der Waals surface area contributed by atoms with Crippen LogP contribution in [0.5, 0.6) is 0 Å². The number of carbonyl (C=O) groups excluding carboxylic acids is 1. The molecule has 2 atom stereocenters. The maximum Gasteiger partial charge on any atom is 0.317 e. The Morgan fingerprint density at radius 3 is 2.67 bits per heavy atom. The predicted molar refractivity (Wildman–Crippen MR) is 78.5 cm³/mol. The number of carboxylic acid groups (broad SMARTS) is 1. The Balaban J connectivity index is 2.51. The fourth-order valence-electron chi connectivity index (χ4n) is 2.61. The van der Waals surface area contributed by atoms with Crippen LogP contribution in [-0.2, 0) is 4.79 Å². The molecule has 21 heavy (non-hydrogen) atoms. The lowest BCUT2D eigenvalue weighted by atomic mass is 9.88. The van der Waals surface area contributed by atoms with Crippen LogP contribution in [0.4, 0.5) is 4.79 Å². The number of likely N-dealkylation sites (tertiary alicyclic amines) is 1. The molecule has 1 aliphatic rings. The Morgan fingerprint density at radius 2 is 2.10 bits per heavy atom. The largest absolute Gasteiger partial charge is 0.481 e. The van der Waals surface area contributed by atoms with Gasteiger partial charge in [-0.05, 0) is 24.2 Å². The number of nitriles is 1. The van der Waals surface area contributed by atoms with E-state index in [1.807, 2.05) is 20.8 Å². The molecule has 1 aliphatic heterocycles. The highest BCUT2D eigenvalue weighted by molar-refractivity contribution is 5.76. The van der Waals surface area contributed by atoms with Crippen molar-refractivity contribution in [2.24, 2.45) is 17.3 Å². The Hall–Kier alpha value is -1.77. The van der Waals surface area contributed by atoms with Crippen molar-refractivity contribution in [2.45, 2.75) is 40.0 Å². The zero-order chi connectivity index (χ0) is 16.0. The lowest BCUT2D eigenvalue weighted by Crippen LogP contribution is -2.50. The van der Waals surface area contributed by atoms with E-state index in [1.54, 1.807) is 4.90 Å². The van der Waals surface area contributed by atoms with Crippen LogP contribution in [0.25, 0.3) is 0 Å². The van der Waals surface area contributed by atoms with Gasteiger partial charge in [-0.25, -0.2) is 4.79 Å². The Morgan fingerprint density at radius 1 is 1.43 bits per heavy atom. The predicted octanol–water partition coefficient (Wildman–Crippen LogP) is 2.07. The summed E-state index contributed by atoms with van der Waals surface area (Å²) in [4.78, 5) is 24.9. The van der Waals surface area contributed by atoms with E-state index in [1.165, 1.54) is 0 Å². The molecule has 0 aromatic rings. The molecule has 1 heterocycles. The van der Waals surface area contributed by atoms with Crippen LogP contribution in [0.3, 0.4) is 0 Å². The first-order valence-electron chi connectivity index (χ1n) is 7.37. The van der Waals surface area contributed by atoms with Crippen LogP contribution in [0.1, 0.15) is 40.0 Å². The van der Waals surface area contributed by atoms with Gasteiger partial charge in [0, 0.05) is 26.1 Å². The van der Waals surface area contributed by atoms with E-state index in [0.717, 1.165) is 6.42 Å². The maximum absolute atomic E-state index is 12.2. The van der Waals surface area contributed by atoms with Crippen molar-refractivity contribution in [1.82, 2.24) is 10.2 Å². The lowest BCUT2D eigenvalue weighted by Gasteiger charge is -2.35. The summed E-state index contributed by atoms with van der Waals surface area (Å²) in [6.45, 7) is 7.31. The van der Waals surface area contributed by atoms with E-state index >= 15 is 0 Å². The number of urea groups is 1. The average molecular weight is 295 g/mol. The van der Waals surface area contributed by atoms with Crippen molar-refractivity contribution in [3.8, 4) is 6.07 Å². The summed E-state index contributed by atoms with van der Waals surface area (Å²) in [5, 5.41) is 20.6. The minimum absolute atomic E-state index is 0.140. The number of hydrogen-bond acceptors (Lipinski definition) is 3. The number of carbonyl (C=O) groups is 2. The Kier molecular flexibility index (Phi) is 6.01. The van der Waals surface area contributed by atoms with Gasteiger partial charge in [-0.1, -0.05) is 20.8 Å². The molecule has 1 fully saturated rings. The van der Waals surface area contributed by atoms with Crippen LogP contribution in [-0.4, -0.2) is 41.6 Å². The van der Waals surface area contributed by atoms with Crippen molar-refractivity contribution in [1.29, 1.82) is 5.26 Å². The summed E-state index contributed by atoms with van der Waals surface area (Å²) in [6.07, 6.45) is 1.80. The monoisotopic (exact) mass is 295 g/mol. The van der Waals surface area contributed by atoms with Gasteiger partial charge in [-0.2, -0.15) is 5.26 Å². The Bertz CT molecular complexity index is 428. The second kappa shape index (κ2) is 7.30. The number of piperidine rings is 1. The summed E-state index contributed by atoms with van der Waals surface area (Å²) in [5.41, 5.74) is -0.140. The topological polar surface area (TPSA) is 93.4 Å². The number of nitrogens with one attached hydrogen (secondary N) is 1. The SMILES string of the molecule is CC1CC(C(=O)O)CN(C(=O)NCC(C)(C)CCC#N)C1. The minimum Gasteiger partial charge on any atom is -0.481 e. The second-order valence-corrected chi connectivity index (χ2v) is 6.76. The first kappa shape index (κ1) is 17.3. The molecule has 0 aromatic carbocycles. The molecule has 1 rings (SSSR count). The molecule has 2 unspecified atom stereocenters. The van der Waals surface area contributed by atoms with E-state index in [-0.39, 0.29) is 23.9 Å². The molecule has 0 saturated carbocycles. The quantitative estimate of drug-likeness (QED) is 0.812. The molecule has 0 bridgehead atoms. The van der Waals surface area contributed by atoms with Crippen LogP contribution in [0.2, 0.25) is 0 Å². The van der Waals surface area contributed by atoms with Crippen LogP contribution in [0.15, 0.2) is 0 Å². The number of rotatable bonds is 5. The Labute approximate surface area is 126 Å². The third kappa shape index (κ3) is 5.62. The van der Waals surface area contributed by atoms with Crippen LogP contribution in [0, 0.1) is 28.6 Å². The van der Waals surface area contributed by atoms with Crippen LogP contribution >= 0.6 is 0 Å². The van der Waals surface area contributed by atoms with Gasteiger partial charge < -0.3 is 15.3 Å². The molecule has 0 aliphatic carbocycles. The molecular formula is C15H25N3O3. The number of amides is 2. The molecular weight excluding hydrogens is 270 g/mol. The highest BCUT2D eigenvalue weighted by Gasteiger charge is 2.32. The fourth-order valence-corrected chi connectivity index (χ4v) is 2.61. The van der Waals surface area contributed by atoms with Gasteiger partial charge in [0.25, 0.3) is 0 Å². The highest BCUT2D eigenvalue weighted by Crippen LogP contribution is 2.23. The highest BCUT2D eigenvalue weighted by atomic mass is 16.4. The molecule has 0 radical (unpaired) electrons. The molecule has 0 spiro atoms. The minimum atomic E-state index is -0.839. The van der Waals surface area contributed by atoms with Gasteiger partial charge in [0.05, 0.1) is 12.0 Å². The van der Waals surface area contributed by atoms with Crippen molar-refractivity contribution < 1.29 is 14.7 Å². The zero-order valence-corrected chi connectivity index (χ0v) is 13.1. The van der Waals surface area contributed by atoms with Gasteiger partial charge in [0.15, 0.2) is 0 Å². The molecule has 2 N–H and O–H groups in total. The summed E-state index contributed by atoms with van der Waals surface area (Å²) >= 11 is 0.